The number of hydrogen-bond acceptors (Lipinski definition) is 17. The van der Waals surface area contributed by atoms with Crippen molar-refractivity contribution >= 4 is 65.2 Å². The molecule has 0 saturated carbocycles. The van der Waals surface area contributed by atoms with Crippen LogP contribution < -0.4 is 27.0 Å². The summed E-state index contributed by atoms with van der Waals surface area (Å²) in [5, 5.41) is 20.2. The van der Waals surface area contributed by atoms with E-state index in [0.717, 1.165) is 24.7 Å². The zero-order chi connectivity index (χ0) is 55.5. The van der Waals surface area contributed by atoms with E-state index in [-0.39, 0.29) is 82.0 Å². The van der Waals surface area contributed by atoms with Gasteiger partial charge in [0, 0.05) is 69.6 Å². The van der Waals surface area contributed by atoms with Crippen molar-refractivity contribution < 1.29 is 81.5 Å². The highest BCUT2D eigenvalue weighted by Crippen LogP contribution is 2.13. The summed E-state index contributed by atoms with van der Waals surface area (Å²) in [6.07, 6.45) is -1.41. The number of aliphatic carboxylic acids is 1. The van der Waals surface area contributed by atoms with Gasteiger partial charge in [-0.25, -0.2) is 0 Å². The van der Waals surface area contributed by atoms with Crippen LogP contribution in [0.15, 0.2) is 72.8 Å². The van der Waals surface area contributed by atoms with Gasteiger partial charge in [0.05, 0.1) is 26.7 Å². The Balaban J connectivity index is 1.49. The monoisotopic (exact) mass is 1050 g/mol. The van der Waals surface area contributed by atoms with Crippen molar-refractivity contribution in [2.45, 2.75) is 39.6 Å². The first-order valence-corrected chi connectivity index (χ1v) is 23.3. The summed E-state index contributed by atoms with van der Waals surface area (Å²) in [7, 11) is 3.63. The molecule has 3 aromatic carbocycles. The molecule has 406 valence electrons. The van der Waals surface area contributed by atoms with E-state index < -0.39 is 98.2 Å². The van der Waals surface area contributed by atoms with Crippen LogP contribution in [0.2, 0.25) is 0 Å². The number of esters is 3. The number of nitrogens with two attached hydrogens (primary N) is 1. The van der Waals surface area contributed by atoms with Crippen LogP contribution in [0.4, 0.5) is 0 Å². The third-order valence-corrected chi connectivity index (χ3v) is 10.7. The lowest BCUT2D eigenvalue weighted by molar-refractivity contribution is -0.155. The number of benzene rings is 3. The number of nitrogens with one attached hydrogen (secondary N) is 4. The SMILES string of the molecule is COCC(=O)NCCN(CCNC(=O)COC[C@@H](C)C(=O)NCc1cccc(C(=O)N(CC(=O)O)CC(=O)O[C@H](C)C(=O)NCc2cccc(C(=O)N(CC(=O)OC)CC(=O)OC)c2)c1)C(=O)c1cccc(CN)c1. The molecule has 0 bridgehead atoms. The number of amides is 7. The number of carboxylic acid groups (broad SMARTS) is 1. The summed E-state index contributed by atoms with van der Waals surface area (Å²) in [4.78, 5) is 142. The molecule has 75 heavy (non-hydrogen) atoms. The molecule has 0 radical (unpaired) electrons. The van der Waals surface area contributed by atoms with Crippen molar-refractivity contribution in [1.82, 2.24) is 36.0 Å². The number of carbonyl (C=O) groups excluding carboxylic acids is 10. The number of nitrogens with zero attached hydrogens (tertiary/aromatic N) is 3. The minimum Gasteiger partial charge on any atom is -0.480 e. The Morgan fingerprint density at radius 1 is 0.560 bits per heavy atom. The van der Waals surface area contributed by atoms with E-state index >= 15 is 0 Å². The second kappa shape index (κ2) is 32.0. The Bertz CT molecular complexity index is 2490. The van der Waals surface area contributed by atoms with Crippen molar-refractivity contribution in [3.63, 3.8) is 0 Å². The standard InChI is InChI=1S/C50H64N8O17/c1-32(29-74-31-41(60)53-16-18-56(17-15-52-40(59)30-71-3)48(68)37-12-6-9-34(19-37)22-51)46(66)54-23-35-10-7-13-38(20-35)49(69)57(25-42(61)62)28-45(65)75-33(2)47(67)55-24-36-11-8-14-39(21-36)50(70)58(26-43(63)72-4)27-44(64)73-5/h6-14,19-21,32-33H,15-18,22-31,51H2,1-5H3,(H,52,59)(H,53,60)(H,54,66)(H,55,67)(H,61,62)/t32-,33-/m1/s1. The Morgan fingerprint density at radius 3 is 1.48 bits per heavy atom. The van der Waals surface area contributed by atoms with Crippen LogP contribution >= 0.6 is 0 Å². The van der Waals surface area contributed by atoms with Gasteiger partial charge < -0.3 is 70.5 Å². The van der Waals surface area contributed by atoms with Gasteiger partial charge in [-0.05, 0) is 60.0 Å². The fourth-order valence-corrected chi connectivity index (χ4v) is 6.76. The largest absolute Gasteiger partial charge is 0.480 e. The summed E-state index contributed by atoms with van der Waals surface area (Å²) in [6, 6.07) is 18.6. The highest BCUT2D eigenvalue weighted by atomic mass is 16.6. The third kappa shape index (κ3) is 21.8. The second-order valence-corrected chi connectivity index (χ2v) is 16.6. The van der Waals surface area contributed by atoms with Crippen LogP contribution in [0, 0.1) is 5.92 Å². The van der Waals surface area contributed by atoms with Gasteiger partial charge in [0.25, 0.3) is 23.6 Å². The molecule has 3 rings (SSSR count). The van der Waals surface area contributed by atoms with Crippen molar-refractivity contribution in [2.75, 3.05) is 93.5 Å². The molecule has 7 amide bonds. The first kappa shape index (κ1) is 61.0. The molecule has 0 heterocycles. The van der Waals surface area contributed by atoms with Gasteiger partial charge in [0.1, 0.15) is 39.4 Å². The molecular weight excluding hydrogens is 985 g/mol. The van der Waals surface area contributed by atoms with E-state index in [0.29, 0.717) is 21.6 Å². The van der Waals surface area contributed by atoms with E-state index in [1.165, 1.54) is 55.3 Å². The lowest BCUT2D eigenvalue weighted by Gasteiger charge is -2.23. The average Bonchev–Trinajstić information content (AvgIpc) is 3.39. The zero-order valence-electron chi connectivity index (χ0n) is 42.4. The van der Waals surface area contributed by atoms with E-state index in [1.807, 2.05) is 0 Å². The zero-order valence-corrected chi connectivity index (χ0v) is 42.4. The summed E-state index contributed by atoms with van der Waals surface area (Å²) in [5.41, 5.74) is 7.80. The van der Waals surface area contributed by atoms with Crippen molar-refractivity contribution in [2.24, 2.45) is 11.7 Å². The summed E-state index contributed by atoms with van der Waals surface area (Å²) >= 11 is 0. The number of ether oxygens (including phenoxy) is 5. The van der Waals surface area contributed by atoms with Gasteiger partial charge in [-0.3, -0.25) is 52.7 Å². The van der Waals surface area contributed by atoms with Gasteiger partial charge in [0.2, 0.25) is 17.7 Å². The second-order valence-electron chi connectivity index (χ2n) is 16.6. The van der Waals surface area contributed by atoms with E-state index in [9.17, 15) is 57.8 Å². The first-order chi connectivity index (χ1) is 35.8. The van der Waals surface area contributed by atoms with Gasteiger partial charge >= 0.3 is 23.9 Å². The normalized spacial score (nSPS) is 11.4. The molecule has 3 aromatic rings. The van der Waals surface area contributed by atoms with Crippen molar-refractivity contribution in [3.8, 4) is 0 Å². The molecule has 25 heteroatoms. The van der Waals surface area contributed by atoms with E-state index in [2.05, 4.69) is 30.7 Å². The molecular formula is C50H64N8O17. The predicted molar refractivity (Wildman–Crippen MR) is 264 cm³/mol. The van der Waals surface area contributed by atoms with Crippen LogP contribution in [-0.2, 0) is 81.7 Å². The summed E-state index contributed by atoms with van der Waals surface area (Å²) in [5.74, 6) is -8.80. The molecule has 0 aliphatic heterocycles. The van der Waals surface area contributed by atoms with Crippen molar-refractivity contribution in [1.29, 1.82) is 0 Å². The molecule has 0 unspecified atom stereocenters. The van der Waals surface area contributed by atoms with Crippen molar-refractivity contribution in [3.05, 3.63) is 106 Å². The fourth-order valence-electron chi connectivity index (χ4n) is 6.76. The molecule has 0 saturated heterocycles. The smallest absolute Gasteiger partial charge is 0.326 e. The molecule has 0 aliphatic carbocycles. The maximum Gasteiger partial charge on any atom is 0.326 e. The molecule has 25 nitrogen and oxygen atoms in total. The summed E-state index contributed by atoms with van der Waals surface area (Å²) in [6.45, 7) is -0.218. The Labute approximate surface area is 432 Å². The minimum atomic E-state index is -1.44. The number of methoxy groups -OCH3 is 3. The van der Waals surface area contributed by atoms with Gasteiger partial charge in [0.15, 0.2) is 6.10 Å². The number of carboxylic acids is 1. The predicted octanol–water partition coefficient (Wildman–Crippen LogP) is -1.00. The average molecular weight is 1050 g/mol. The number of carbonyl (C=O) groups is 11. The Kier molecular flexibility index (Phi) is 26.0. The lowest BCUT2D eigenvalue weighted by Crippen LogP contribution is -2.43. The molecule has 7 N–H and O–H groups in total. The topological polar surface area (TPSA) is 338 Å². The Hall–Kier alpha value is -8.29. The van der Waals surface area contributed by atoms with Crippen LogP contribution in [0.5, 0.6) is 0 Å². The summed E-state index contributed by atoms with van der Waals surface area (Å²) < 4.78 is 24.7. The van der Waals surface area contributed by atoms with E-state index in [4.69, 9.17) is 19.9 Å². The van der Waals surface area contributed by atoms with E-state index in [1.54, 1.807) is 43.3 Å². The molecule has 0 aliphatic rings. The molecule has 0 spiro atoms. The quantitative estimate of drug-likeness (QED) is 0.0332. The van der Waals surface area contributed by atoms with Gasteiger partial charge in [-0.2, -0.15) is 0 Å². The number of rotatable bonds is 31. The lowest BCUT2D eigenvalue weighted by atomic mass is 10.1. The minimum absolute atomic E-state index is 0.0226. The van der Waals surface area contributed by atoms with Crippen LogP contribution in [-0.4, -0.2) is 185 Å². The molecule has 0 aromatic heterocycles. The highest BCUT2D eigenvalue weighted by molar-refractivity contribution is 5.99. The molecule has 0 fully saturated rings. The fraction of sp³-hybridized carbons (Fsp3) is 0.420. The third-order valence-electron chi connectivity index (χ3n) is 10.7. The van der Waals surface area contributed by atoms with Crippen LogP contribution in [0.1, 0.15) is 61.6 Å². The maximum atomic E-state index is 13.5. The molecule has 2 atom stereocenters. The van der Waals surface area contributed by atoms with Crippen LogP contribution in [0.3, 0.4) is 0 Å². The van der Waals surface area contributed by atoms with Crippen LogP contribution in [0.25, 0.3) is 0 Å². The first-order valence-electron chi connectivity index (χ1n) is 23.3. The maximum absolute atomic E-state index is 13.5. The Morgan fingerprint density at radius 2 is 1.00 bits per heavy atom. The van der Waals surface area contributed by atoms with Gasteiger partial charge in [-0.15, -0.1) is 0 Å². The highest BCUT2D eigenvalue weighted by Gasteiger charge is 2.27. The number of hydrogen-bond donors (Lipinski definition) is 6. The van der Waals surface area contributed by atoms with Gasteiger partial charge in [-0.1, -0.05) is 43.3 Å².